The van der Waals surface area contributed by atoms with Crippen molar-refractivity contribution in [2.45, 2.75) is 4.90 Å². The van der Waals surface area contributed by atoms with Crippen molar-refractivity contribution in [2.75, 3.05) is 26.2 Å². The van der Waals surface area contributed by atoms with Crippen LogP contribution in [0.25, 0.3) is 10.9 Å². The van der Waals surface area contributed by atoms with Crippen LogP contribution in [0.3, 0.4) is 0 Å². The predicted molar refractivity (Wildman–Crippen MR) is 108 cm³/mol. The molecule has 1 aliphatic heterocycles. The second-order valence-electron chi connectivity index (χ2n) is 6.54. The number of para-hydroxylation sites is 1. The van der Waals surface area contributed by atoms with Gasteiger partial charge in [0, 0.05) is 36.6 Å². The van der Waals surface area contributed by atoms with Gasteiger partial charge in [0.1, 0.15) is 5.69 Å². The molecule has 1 aliphatic rings. The van der Waals surface area contributed by atoms with E-state index in [1.54, 1.807) is 23.1 Å². The standard InChI is InChI=1S/C20H18ClN3O3S/c21-16-6-8-17(9-7-16)28(26,27)24-13-11-23(12-14-24)20(25)19-10-5-15-3-1-2-4-18(15)22-19/h1-10H,11-14H2. The third-order valence-electron chi connectivity index (χ3n) is 4.79. The van der Waals surface area contributed by atoms with Crippen molar-refractivity contribution in [3.63, 3.8) is 0 Å². The van der Waals surface area contributed by atoms with Crippen LogP contribution in [0.1, 0.15) is 10.5 Å². The van der Waals surface area contributed by atoms with Gasteiger partial charge in [-0.05, 0) is 36.4 Å². The molecule has 0 unspecified atom stereocenters. The number of nitrogens with zero attached hydrogens (tertiary/aromatic N) is 3. The first-order valence-corrected chi connectivity index (χ1v) is 10.7. The minimum atomic E-state index is -3.60. The zero-order chi connectivity index (χ0) is 19.7. The Morgan fingerprint density at radius 3 is 2.29 bits per heavy atom. The van der Waals surface area contributed by atoms with E-state index in [9.17, 15) is 13.2 Å². The maximum absolute atomic E-state index is 12.8. The lowest BCUT2D eigenvalue weighted by molar-refractivity contribution is 0.0692. The van der Waals surface area contributed by atoms with E-state index in [1.807, 2.05) is 30.3 Å². The number of pyridine rings is 1. The third kappa shape index (κ3) is 3.61. The fourth-order valence-corrected chi connectivity index (χ4v) is 4.78. The van der Waals surface area contributed by atoms with Crippen LogP contribution in [0.4, 0.5) is 0 Å². The number of carbonyl (C=O) groups is 1. The van der Waals surface area contributed by atoms with Gasteiger partial charge in [0.05, 0.1) is 10.4 Å². The highest BCUT2D eigenvalue weighted by Crippen LogP contribution is 2.21. The van der Waals surface area contributed by atoms with E-state index in [4.69, 9.17) is 11.6 Å². The van der Waals surface area contributed by atoms with Gasteiger partial charge in [-0.15, -0.1) is 0 Å². The summed E-state index contributed by atoms with van der Waals surface area (Å²) in [6.45, 7) is 1.12. The molecular formula is C20H18ClN3O3S. The van der Waals surface area contributed by atoms with Gasteiger partial charge in [-0.2, -0.15) is 4.31 Å². The number of rotatable bonds is 3. The van der Waals surface area contributed by atoms with Gasteiger partial charge in [-0.25, -0.2) is 13.4 Å². The van der Waals surface area contributed by atoms with Gasteiger partial charge >= 0.3 is 0 Å². The first-order chi connectivity index (χ1) is 13.4. The molecule has 0 bridgehead atoms. The van der Waals surface area contributed by atoms with Gasteiger partial charge in [-0.1, -0.05) is 35.9 Å². The molecule has 3 aromatic rings. The minimum Gasteiger partial charge on any atom is -0.335 e. The van der Waals surface area contributed by atoms with E-state index in [0.717, 1.165) is 10.9 Å². The number of fused-ring (bicyclic) bond motifs is 1. The zero-order valence-corrected chi connectivity index (χ0v) is 16.5. The van der Waals surface area contributed by atoms with Crippen LogP contribution in [0.2, 0.25) is 5.02 Å². The molecule has 0 saturated carbocycles. The molecule has 0 aliphatic carbocycles. The lowest BCUT2D eigenvalue weighted by atomic mass is 10.2. The Morgan fingerprint density at radius 1 is 0.893 bits per heavy atom. The van der Waals surface area contributed by atoms with Crippen molar-refractivity contribution in [3.8, 4) is 0 Å². The molecule has 2 heterocycles. The summed E-state index contributed by atoms with van der Waals surface area (Å²) in [6, 6.07) is 17.3. The number of sulfonamides is 1. The molecule has 1 aromatic heterocycles. The Bertz CT molecular complexity index is 1120. The van der Waals surface area contributed by atoms with Gasteiger partial charge in [0.2, 0.25) is 10.0 Å². The third-order valence-corrected chi connectivity index (χ3v) is 6.96. The van der Waals surface area contributed by atoms with Crippen LogP contribution in [0.5, 0.6) is 0 Å². The second kappa shape index (κ2) is 7.50. The maximum atomic E-state index is 12.8. The topological polar surface area (TPSA) is 70.6 Å². The Kier molecular flexibility index (Phi) is 5.05. The number of halogens is 1. The van der Waals surface area contributed by atoms with E-state index < -0.39 is 10.0 Å². The number of piperazine rings is 1. The predicted octanol–water partition coefficient (Wildman–Crippen LogP) is 3.03. The molecule has 8 heteroatoms. The summed E-state index contributed by atoms with van der Waals surface area (Å²) in [5, 5.41) is 1.45. The van der Waals surface area contributed by atoms with Gasteiger partial charge in [0.15, 0.2) is 0 Å². The number of amides is 1. The fraction of sp³-hybridized carbons (Fsp3) is 0.200. The lowest BCUT2D eigenvalue weighted by Crippen LogP contribution is -2.50. The molecule has 2 aromatic carbocycles. The van der Waals surface area contributed by atoms with Gasteiger partial charge in [0.25, 0.3) is 5.91 Å². The summed E-state index contributed by atoms with van der Waals surface area (Å²) < 4.78 is 26.9. The molecule has 1 saturated heterocycles. The highest BCUT2D eigenvalue weighted by Gasteiger charge is 2.30. The number of hydrogen-bond donors (Lipinski definition) is 0. The first kappa shape index (κ1) is 18.9. The van der Waals surface area contributed by atoms with Crippen LogP contribution < -0.4 is 0 Å². The smallest absolute Gasteiger partial charge is 0.272 e. The largest absolute Gasteiger partial charge is 0.335 e. The molecule has 28 heavy (non-hydrogen) atoms. The normalized spacial score (nSPS) is 15.7. The second-order valence-corrected chi connectivity index (χ2v) is 8.91. The SMILES string of the molecule is O=C(c1ccc2ccccc2n1)N1CCN(S(=O)(=O)c2ccc(Cl)cc2)CC1. The highest BCUT2D eigenvalue weighted by molar-refractivity contribution is 7.89. The van der Waals surface area contributed by atoms with Crippen LogP contribution in [-0.4, -0.2) is 54.7 Å². The molecule has 1 fully saturated rings. The van der Waals surface area contributed by atoms with Crippen LogP contribution in [-0.2, 0) is 10.0 Å². The quantitative estimate of drug-likeness (QED) is 0.659. The number of aromatic nitrogens is 1. The van der Waals surface area contributed by atoms with E-state index >= 15 is 0 Å². The summed E-state index contributed by atoms with van der Waals surface area (Å²) in [7, 11) is -3.60. The molecule has 0 atom stereocenters. The average Bonchev–Trinajstić information content (AvgIpc) is 2.73. The summed E-state index contributed by atoms with van der Waals surface area (Å²) in [4.78, 5) is 19.1. The summed E-state index contributed by atoms with van der Waals surface area (Å²) in [6.07, 6.45) is 0. The molecule has 1 amide bonds. The average molecular weight is 416 g/mol. The Balaban J connectivity index is 1.47. The summed E-state index contributed by atoms with van der Waals surface area (Å²) in [5.41, 5.74) is 1.13. The Morgan fingerprint density at radius 2 is 1.57 bits per heavy atom. The molecule has 0 radical (unpaired) electrons. The van der Waals surface area contributed by atoms with Crippen molar-refractivity contribution >= 4 is 38.4 Å². The van der Waals surface area contributed by atoms with Crippen molar-refractivity contribution in [1.29, 1.82) is 0 Å². The fourth-order valence-electron chi connectivity index (χ4n) is 3.23. The summed E-state index contributed by atoms with van der Waals surface area (Å²) >= 11 is 5.84. The maximum Gasteiger partial charge on any atom is 0.272 e. The number of benzene rings is 2. The van der Waals surface area contributed by atoms with Crippen molar-refractivity contribution < 1.29 is 13.2 Å². The molecule has 0 N–H and O–H groups in total. The van der Waals surface area contributed by atoms with Gasteiger partial charge in [-0.3, -0.25) is 4.79 Å². The molecule has 4 rings (SSSR count). The van der Waals surface area contributed by atoms with Crippen LogP contribution >= 0.6 is 11.6 Å². The minimum absolute atomic E-state index is 0.186. The monoisotopic (exact) mass is 415 g/mol. The van der Waals surface area contributed by atoms with Crippen molar-refractivity contribution in [2.24, 2.45) is 0 Å². The van der Waals surface area contributed by atoms with Crippen LogP contribution in [0.15, 0.2) is 65.6 Å². The van der Waals surface area contributed by atoms with Gasteiger partial charge < -0.3 is 4.90 Å². The molecule has 144 valence electrons. The van der Waals surface area contributed by atoms with Crippen molar-refractivity contribution in [3.05, 3.63) is 71.4 Å². The van der Waals surface area contributed by atoms with Crippen molar-refractivity contribution in [1.82, 2.24) is 14.2 Å². The Hall–Kier alpha value is -2.48. The summed E-state index contributed by atoms with van der Waals surface area (Å²) in [5.74, 6) is -0.186. The first-order valence-electron chi connectivity index (χ1n) is 8.86. The lowest BCUT2D eigenvalue weighted by Gasteiger charge is -2.33. The zero-order valence-electron chi connectivity index (χ0n) is 15.0. The Labute approximate surface area is 168 Å². The van der Waals surface area contributed by atoms with E-state index in [-0.39, 0.29) is 23.9 Å². The van der Waals surface area contributed by atoms with Crippen LogP contribution in [0, 0.1) is 0 Å². The molecular weight excluding hydrogens is 398 g/mol. The highest BCUT2D eigenvalue weighted by atomic mass is 35.5. The van der Waals surface area contributed by atoms with E-state index in [0.29, 0.717) is 23.8 Å². The molecule has 6 nitrogen and oxygen atoms in total. The number of carbonyl (C=O) groups excluding carboxylic acids is 1. The van der Waals surface area contributed by atoms with E-state index in [2.05, 4.69) is 4.98 Å². The van der Waals surface area contributed by atoms with E-state index in [1.165, 1.54) is 16.4 Å². The number of hydrogen-bond acceptors (Lipinski definition) is 4. The molecule has 0 spiro atoms.